The normalized spacial score (nSPS) is 17.6. The molecule has 254 valence electrons. The number of aromatic nitrogens is 2. The predicted molar refractivity (Wildman–Crippen MR) is 177 cm³/mol. The van der Waals surface area contributed by atoms with E-state index in [0.717, 1.165) is 25.1 Å². The Balaban J connectivity index is 1.38. The van der Waals surface area contributed by atoms with Crippen LogP contribution in [0.4, 0.5) is 25.5 Å². The van der Waals surface area contributed by atoms with Crippen molar-refractivity contribution in [2.24, 2.45) is 0 Å². The molecule has 1 atom stereocenters. The SMILES string of the molecule is COc1cc(N2CCN(C(=O)OC(C)(C)C)CC2)cc(F)c1C(=O)Nc1cc2c(cn1)cc([C@H]1CCCN1C)n2C(=O)OC(C)(C)C. The zero-order chi connectivity index (χ0) is 34.3. The van der Waals surface area contributed by atoms with Crippen LogP contribution in [0, 0.1) is 5.82 Å². The Bertz CT molecular complexity index is 1670. The van der Waals surface area contributed by atoms with Gasteiger partial charge in [-0.2, -0.15) is 0 Å². The molecule has 2 amide bonds. The lowest BCUT2D eigenvalue weighted by Crippen LogP contribution is -2.50. The van der Waals surface area contributed by atoms with Crippen LogP contribution >= 0.6 is 0 Å². The molecule has 0 saturated carbocycles. The first kappa shape index (κ1) is 34.0. The molecule has 0 spiro atoms. The van der Waals surface area contributed by atoms with Crippen LogP contribution in [0.25, 0.3) is 10.9 Å². The minimum atomic E-state index is -0.767. The van der Waals surface area contributed by atoms with Gasteiger partial charge in [0.15, 0.2) is 0 Å². The molecule has 4 heterocycles. The maximum absolute atomic E-state index is 15.6. The first-order valence-corrected chi connectivity index (χ1v) is 15.9. The van der Waals surface area contributed by atoms with Gasteiger partial charge in [-0.25, -0.2) is 23.5 Å². The van der Waals surface area contributed by atoms with E-state index in [1.165, 1.54) is 13.2 Å². The van der Waals surface area contributed by atoms with Crippen molar-refractivity contribution in [1.82, 2.24) is 19.4 Å². The molecular formula is C34H45FN6O6. The van der Waals surface area contributed by atoms with Crippen molar-refractivity contribution in [3.63, 3.8) is 0 Å². The van der Waals surface area contributed by atoms with Crippen LogP contribution in [-0.4, -0.2) is 95.5 Å². The molecule has 2 aliphatic rings. The summed E-state index contributed by atoms with van der Waals surface area (Å²) in [5, 5.41) is 3.40. The molecular weight excluding hydrogens is 607 g/mol. The molecule has 13 heteroatoms. The number of nitrogens with one attached hydrogen (secondary N) is 1. The number of carbonyl (C=O) groups is 3. The number of benzene rings is 1. The zero-order valence-electron chi connectivity index (χ0n) is 28.5. The van der Waals surface area contributed by atoms with Gasteiger partial charge in [-0.1, -0.05) is 0 Å². The summed E-state index contributed by atoms with van der Waals surface area (Å²) in [5.74, 6) is -1.33. The fraction of sp³-hybridized carbons (Fsp3) is 0.529. The molecule has 3 aromatic rings. The van der Waals surface area contributed by atoms with Crippen LogP contribution < -0.4 is 15.0 Å². The molecule has 1 aromatic carbocycles. The second-order valence-electron chi connectivity index (χ2n) is 14.1. The molecule has 0 bridgehead atoms. The second kappa shape index (κ2) is 13.0. The van der Waals surface area contributed by atoms with Crippen LogP contribution in [-0.2, 0) is 9.47 Å². The van der Waals surface area contributed by atoms with Crippen LogP contribution in [0.1, 0.15) is 76.5 Å². The Labute approximate surface area is 274 Å². The first-order chi connectivity index (χ1) is 22.0. The summed E-state index contributed by atoms with van der Waals surface area (Å²) in [5.41, 5.74) is 0.242. The number of fused-ring (bicyclic) bond motifs is 1. The van der Waals surface area contributed by atoms with E-state index in [-0.39, 0.29) is 29.3 Å². The molecule has 0 aliphatic carbocycles. The number of rotatable bonds is 5. The van der Waals surface area contributed by atoms with E-state index in [1.807, 2.05) is 59.6 Å². The van der Waals surface area contributed by atoms with E-state index in [2.05, 4.69) is 15.2 Å². The summed E-state index contributed by atoms with van der Waals surface area (Å²) in [4.78, 5) is 49.6. The summed E-state index contributed by atoms with van der Waals surface area (Å²) in [6.45, 7) is 13.5. The van der Waals surface area contributed by atoms with Gasteiger partial charge in [-0.15, -0.1) is 0 Å². The van der Waals surface area contributed by atoms with Gasteiger partial charge in [-0.3, -0.25) is 9.69 Å². The topological polar surface area (TPSA) is 118 Å². The van der Waals surface area contributed by atoms with Gasteiger partial charge < -0.3 is 29.3 Å². The van der Waals surface area contributed by atoms with E-state index >= 15 is 4.39 Å². The third kappa shape index (κ3) is 7.61. The number of nitrogens with zero attached hydrogens (tertiary/aromatic N) is 5. The number of ether oxygens (including phenoxy) is 3. The second-order valence-corrected chi connectivity index (χ2v) is 14.1. The largest absolute Gasteiger partial charge is 0.496 e. The minimum absolute atomic E-state index is 0.0186. The number of anilines is 2. The number of amides is 2. The Hall–Kier alpha value is -4.39. The zero-order valence-corrected chi connectivity index (χ0v) is 28.5. The number of halogens is 1. The van der Waals surface area contributed by atoms with Crippen LogP contribution in [0.3, 0.4) is 0 Å². The molecule has 2 fully saturated rings. The third-order valence-corrected chi connectivity index (χ3v) is 8.18. The summed E-state index contributed by atoms with van der Waals surface area (Å²) in [6.07, 6.45) is 2.56. The van der Waals surface area contributed by atoms with Gasteiger partial charge >= 0.3 is 12.2 Å². The monoisotopic (exact) mass is 652 g/mol. The standard InChI is InChI=1S/C34H45FN6O6/c1-33(2,3)46-31(43)40-14-12-39(13-15-40)22-17-23(35)29(27(18-22)45-8)30(42)37-28-19-25-21(20-36-28)16-26(24-10-9-11-38(24)7)41(25)32(44)47-34(4,5)6/h16-20,24H,9-15H2,1-8H3,(H,36,37,42)/t24-/m1/s1. The number of likely N-dealkylation sites (tertiary alicyclic amines) is 1. The smallest absolute Gasteiger partial charge is 0.419 e. The highest BCUT2D eigenvalue weighted by Crippen LogP contribution is 2.36. The van der Waals surface area contributed by atoms with Gasteiger partial charge in [0.05, 0.1) is 18.7 Å². The summed E-state index contributed by atoms with van der Waals surface area (Å²) in [6, 6.07) is 6.44. The minimum Gasteiger partial charge on any atom is -0.496 e. The van der Waals surface area contributed by atoms with Crippen molar-refractivity contribution in [2.45, 2.75) is 71.6 Å². The van der Waals surface area contributed by atoms with Gasteiger partial charge in [-0.05, 0) is 80.1 Å². The van der Waals surface area contributed by atoms with Crippen molar-refractivity contribution >= 4 is 40.5 Å². The predicted octanol–water partition coefficient (Wildman–Crippen LogP) is 6.04. The van der Waals surface area contributed by atoms with Gasteiger partial charge in [0, 0.05) is 61.3 Å². The maximum Gasteiger partial charge on any atom is 0.419 e. The first-order valence-electron chi connectivity index (χ1n) is 15.9. The summed E-state index contributed by atoms with van der Waals surface area (Å²) in [7, 11) is 3.39. The van der Waals surface area contributed by atoms with Crippen molar-refractivity contribution in [1.29, 1.82) is 0 Å². The highest BCUT2D eigenvalue weighted by Gasteiger charge is 2.32. The fourth-order valence-corrected chi connectivity index (χ4v) is 6.02. The third-order valence-electron chi connectivity index (χ3n) is 8.18. The molecule has 12 nitrogen and oxygen atoms in total. The summed E-state index contributed by atoms with van der Waals surface area (Å²) >= 11 is 0. The average Bonchev–Trinajstić information content (AvgIpc) is 3.57. The quantitative estimate of drug-likeness (QED) is 0.352. The lowest BCUT2D eigenvalue weighted by molar-refractivity contribution is 0.0240. The van der Waals surface area contributed by atoms with Crippen molar-refractivity contribution in [3.8, 4) is 5.75 Å². The highest BCUT2D eigenvalue weighted by atomic mass is 19.1. The van der Waals surface area contributed by atoms with E-state index in [0.29, 0.717) is 42.8 Å². The Morgan fingerprint density at radius 1 is 0.915 bits per heavy atom. The number of hydrogen-bond donors (Lipinski definition) is 1. The van der Waals surface area contributed by atoms with Crippen LogP contribution in [0.5, 0.6) is 5.75 Å². The lowest BCUT2D eigenvalue weighted by Gasteiger charge is -2.37. The molecule has 5 rings (SSSR count). The molecule has 2 aromatic heterocycles. The van der Waals surface area contributed by atoms with E-state index in [9.17, 15) is 14.4 Å². The molecule has 2 aliphatic heterocycles. The Kier molecular flexibility index (Phi) is 9.40. The summed E-state index contributed by atoms with van der Waals surface area (Å²) < 4.78 is 33.9. The van der Waals surface area contributed by atoms with Gasteiger partial charge in [0.25, 0.3) is 5.91 Å². The van der Waals surface area contributed by atoms with Crippen LogP contribution in [0.15, 0.2) is 30.5 Å². The Morgan fingerprint density at radius 2 is 1.57 bits per heavy atom. The number of piperazine rings is 1. The van der Waals surface area contributed by atoms with Crippen molar-refractivity contribution < 1.29 is 33.0 Å². The highest BCUT2D eigenvalue weighted by molar-refractivity contribution is 6.07. The average molecular weight is 653 g/mol. The molecule has 0 unspecified atom stereocenters. The fourth-order valence-electron chi connectivity index (χ4n) is 6.02. The molecule has 0 radical (unpaired) electrons. The lowest BCUT2D eigenvalue weighted by atomic mass is 10.1. The number of hydrogen-bond acceptors (Lipinski definition) is 9. The van der Waals surface area contributed by atoms with Gasteiger partial charge in [0.1, 0.15) is 34.2 Å². The molecule has 47 heavy (non-hydrogen) atoms. The van der Waals surface area contributed by atoms with Crippen molar-refractivity contribution in [3.05, 3.63) is 47.5 Å². The van der Waals surface area contributed by atoms with Crippen molar-refractivity contribution in [2.75, 3.05) is 57.1 Å². The van der Waals surface area contributed by atoms with Gasteiger partial charge in [0.2, 0.25) is 0 Å². The molecule has 2 saturated heterocycles. The number of methoxy groups -OCH3 is 1. The van der Waals surface area contributed by atoms with Crippen LogP contribution in [0.2, 0.25) is 0 Å². The number of pyridine rings is 1. The number of carbonyl (C=O) groups excluding carboxylic acids is 3. The van der Waals surface area contributed by atoms with E-state index in [1.54, 1.807) is 27.8 Å². The molecule has 1 N–H and O–H groups in total. The Morgan fingerprint density at radius 3 is 2.17 bits per heavy atom. The maximum atomic E-state index is 15.6. The van der Waals surface area contributed by atoms with E-state index < -0.39 is 29.0 Å². The van der Waals surface area contributed by atoms with E-state index in [4.69, 9.17) is 14.2 Å².